The molecular formula is C13H18N2O3. The van der Waals surface area contributed by atoms with E-state index in [0.29, 0.717) is 12.1 Å². The molecule has 1 saturated carbocycles. The summed E-state index contributed by atoms with van der Waals surface area (Å²) in [6, 6.07) is 6.77. The van der Waals surface area contributed by atoms with Crippen molar-refractivity contribution < 1.29 is 10.0 Å². The molecule has 1 aromatic carbocycles. The van der Waals surface area contributed by atoms with Crippen molar-refractivity contribution in [2.75, 3.05) is 0 Å². The van der Waals surface area contributed by atoms with Crippen LogP contribution >= 0.6 is 0 Å². The van der Waals surface area contributed by atoms with Crippen molar-refractivity contribution in [3.63, 3.8) is 0 Å². The molecule has 2 unspecified atom stereocenters. The molecule has 1 fully saturated rings. The van der Waals surface area contributed by atoms with E-state index >= 15 is 0 Å². The van der Waals surface area contributed by atoms with Crippen molar-refractivity contribution in [1.82, 2.24) is 5.32 Å². The molecule has 18 heavy (non-hydrogen) atoms. The van der Waals surface area contributed by atoms with Crippen LogP contribution in [0, 0.1) is 10.1 Å². The van der Waals surface area contributed by atoms with Gasteiger partial charge in [0.1, 0.15) is 0 Å². The minimum absolute atomic E-state index is 0.0542. The third-order valence-corrected chi connectivity index (χ3v) is 3.47. The minimum atomic E-state index is -0.367. The summed E-state index contributed by atoms with van der Waals surface area (Å²) in [5.74, 6) is 0. The van der Waals surface area contributed by atoms with E-state index in [1.807, 2.05) is 0 Å². The molecule has 2 atom stereocenters. The first-order valence-electron chi connectivity index (χ1n) is 6.32. The summed E-state index contributed by atoms with van der Waals surface area (Å²) < 4.78 is 0. The lowest BCUT2D eigenvalue weighted by atomic mass is 9.92. The number of hydrogen-bond acceptors (Lipinski definition) is 4. The third-order valence-electron chi connectivity index (χ3n) is 3.47. The summed E-state index contributed by atoms with van der Waals surface area (Å²) in [5, 5.41) is 23.9. The zero-order valence-electron chi connectivity index (χ0n) is 10.2. The summed E-state index contributed by atoms with van der Waals surface area (Å²) in [4.78, 5) is 10.5. The van der Waals surface area contributed by atoms with Gasteiger partial charge in [-0.15, -0.1) is 0 Å². The van der Waals surface area contributed by atoms with Gasteiger partial charge in [0.2, 0.25) is 0 Å². The van der Waals surface area contributed by atoms with Crippen molar-refractivity contribution in [2.24, 2.45) is 0 Å². The fourth-order valence-corrected chi connectivity index (χ4v) is 2.43. The van der Waals surface area contributed by atoms with Crippen molar-refractivity contribution >= 4 is 5.69 Å². The zero-order chi connectivity index (χ0) is 13.0. The number of para-hydroxylation sites is 1. The highest BCUT2D eigenvalue weighted by molar-refractivity contribution is 5.39. The highest BCUT2D eigenvalue weighted by Gasteiger charge is 2.23. The molecule has 5 nitrogen and oxygen atoms in total. The van der Waals surface area contributed by atoms with Crippen LogP contribution in [-0.2, 0) is 6.54 Å². The number of nitro benzene ring substituents is 1. The zero-order valence-corrected chi connectivity index (χ0v) is 10.2. The van der Waals surface area contributed by atoms with Gasteiger partial charge in [-0.05, 0) is 12.8 Å². The second-order valence-corrected chi connectivity index (χ2v) is 4.73. The van der Waals surface area contributed by atoms with Gasteiger partial charge < -0.3 is 10.4 Å². The Kier molecular flexibility index (Phi) is 4.28. The fourth-order valence-electron chi connectivity index (χ4n) is 2.43. The Bertz CT molecular complexity index is 422. The van der Waals surface area contributed by atoms with E-state index in [0.717, 1.165) is 25.7 Å². The van der Waals surface area contributed by atoms with Crippen LogP contribution in [0.2, 0.25) is 0 Å². The summed E-state index contributed by atoms with van der Waals surface area (Å²) in [7, 11) is 0. The molecule has 2 N–H and O–H groups in total. The molecule has 0 spiro atoms. The fraction of sp³-hybridized carbons (Fsp3) is 0.538. The lowest BCUT2D eigenvalue weighted by Gasteiger charge is -2.28. The summed E-state index contributed by atoms with van der Waals surface area (Å²) in [5.41, 5.74) is 0.801. The number of nitrogens with one attached hydrogen (secondary N) is 1. The molecule has 0 aromatic heterocycles. The number of benzene rings is 1. The Morgan fingerprint density at radius 2 is 2.06 bits per heavy atom. The van der Waals surface area contributed by atoms with Gasteiger partial charge >= 0.3 is 0 Å². The Morgan fingerprint density at radius 3 is 2.78 bits per heavy atom. The van der Waals surface area contributed by atoms with Gasteiger partial charge in [-0.25, -0.2) is 0 Å². The quantitative estimate of drug-likeness (QED) is 0.633. The Morgan fingerprint density at radius 1 is 1.33 bits per heavy atom. The van der Waals surface area contributed by atoms with E-state index in [4.69, 9.17) is 0 Å². The summed E-state index contributed by atoms with van der Waals surface area (Å²) >= 11 is 0. The number of nitro groups is 1. The lowest BCUT2D eigenvalue weighted by molar-refractivity contribution is -0.385. The topological polar surface area (TPSA) is 75.4 Å². The normalized spacial score (nSPS) is 23.8. The van der Waals surface area contributed by atoms with Crippen molar-refractivity contribution in [3.8, 4) is 0 Å². The Labute approximate surface area is 106 Å². The standard InChI is InChI=1S/C13H18N2O3/c16-13-8-4-2-6-11(13)14-9-10-5-1-3-7-12(10)15(17)18/h1,3,5,7,11,13-14,16H,2,4,6,8-9H2. The molecule has 5 heteroatoms. The molecule has 1 aliphatic rings. The smallest absolute Gasteiger partial charge is 0.273 e. The van der Waals surface area contributed by atoms with Crippen LogP contribution in [0.4, 0.5) is 5.69 Å². The van der Waals surface area contributed by atoms with E-state index < -0.39 is 0 Å². The maximum Gasteiger partial charge on any atom is 0.273 e. The van der Waals surface area contributed by atoms with Crippen LogP contribution in [0.25, 0.3) is 0 Å². The first-order valence-corrected chi connectivity index (χ1v) is 6.32. The largest absolute Gasteiger partial charge is 0.392 e. The van der Waals surface area contributed by atoms with Crippen LogP contribution in [0.15, 0.2) is 24.3 Å². The van der Waals surface area contributed by atoms with Gasteiger partial charge in [-0.2, -0.15) is 0 Å². The maximum atomic E-state index is 10.9. The predicted molar refractivity (Wildman–Crippen MR) is 68.2 cm³/mol. The van der Waals surface area contributed by atoms with Crippen LogP contribution in [-0.4, -0.2) is 22.2 Å². The second kappa shape index (κ2) is 5.93. The van der Waals surface area contributed by atoms with E-state index in [1.165, 1.54) is 6.07 Å². The number of aliphatic hydroxyl groups excluding tert-OH is 1. The van der Waals surface area contributed by atoms with Crippen LogP contribution in [0.1, 0.15) is 31.2 Å². The minimum Gasteiger partial charge on any atom is -0.392 e. The number of nitrogens with zero attached hydrogens (tertiary/aromatic N) is 1. The van der Waals surface area contributed by atoms with Gasteiger partial charge in [-0.3, -0.25) is 10.1 Å². The van der Waals surface area contributed by atoms with E-state index in [9.17, 15) is 15.2 Å². The van der Waals surface area contributed by atoms with Crippen LogP contribution < -0.4 is 5.32 Å². The molecule has 0 saturated heterocycles. The van der Waals surface area contributed by atoms with Crippen molar-refractivity contribution in [3.05, 3.63) is 39.9 Å². The summed E-state index contributed by atoms with van der Waals surface area (Å²) in [6.45, 7) is 0.429. The number of aliphatic hydroxyl groups is 1. The highest BCUT2D eigenvalue weighted by atomic mass is 16.6. The van der Waals surface area contributed by atoms with Gasteiger partial charge in [-0.1, -0.05) is 31.0 Å². The molecule has 1 aromatic rings. The molecule has 2 rings (SSSR count). The van der Waals surface area contributed by atoms with Gasteiger partial charge in [0.25, 0.3) is 5.69 Å². The average Bonchev–Trinajstić information content (AvgIpc) is 2.38. The van der Waals surface area contributed by atoms with Gasteiger partial charge in [0.05, 0.1) is 11.0 Å². The molecule has 0 radical (unpaired) electrons. The van der Waals surface area contributed by atoms with Gasteiger partial charge in [0.15, 0.2) is 0 Å². The highest BCUT2D eigenvalue weighted by Crippen LogP contribution is 2.21. The number of hydrogen-bond donors (Lipinski definition) is 2. The molecule has 0 bridgehead atoms. The van der Waals surface area contributed by atoms with E-state index in [-0.39, 0.29) is 22.8 Å². The Balaban J connectivity index is 1.99. The molecule has 0 heterocycles. The Hall–Kier alpha value is -1.46. The average molecular weight is 250 g/mol. The number of rotatable bonds is 4. The third kappa shape index (κ3) is 3.05. The van der Waals surface area contributed by atoms with Crippen LogP contribution in [0.5, 0.6) is 0 Å². The van der Waals surface area contributed by atoms with Crippen molar-refractivity contribution in [1.29, 1.82) is 0 Å². The van der Waals surface area contributed by atoms with Gasteiger partial charge in [0, 0.05) is 24.2 Å². The predicted octanol–water partition coefficient (Wildman–Crippen LogP) is 1.99. The molecule has 1 aliphatic carbocycles. The first-order chi connectivity index (χ1) is 8.68. The summed E-state index contributed by atoms with van der Waals surface area (Å²) in [6.07, 6.45) is 3.58. The molecular weight excluding hydrogens is 232 g/mol. The second-order valence-electron chi connectivity index (χ2n) is 4.73. The monoisotopic (exact) mass is 250 g/mol. The molecule has 0 aliphatic heterocycles. The lowest BCUT2D eigenvalue weighted by Crippen LogP contribution is -2.41. The maximum absolute atomic E-state index is 10.9. The van der Waals surface area contributed by atoms with Crippen LogP contribution in [0.3, 0.4) is 0 Å². The first kappa shape index (κ1) is 13.0. The SMILES string of the molecule is O=[N+]([O-])c1ccccc1CNC1CCCCC1O. The van der Waals surface area contributed by atoms with Crippen molar-refractivity contribution in [2.45, 2.75) is 44.4 Å². The van der Waals surface area contributed by atoms with E-state index in [2.05, 4.69) is 5.32 Å². The molecule has 0 amide bonds. The van der Waals surface area contributed by atoms with E-state index in [1.54, 1.807) is 18.2 Å². The molecule has 98 valence electrons.